The van der Waals surface area contributed by atoms with Gasteiger partial charge in [-0.1, -0.05) is 41.9 Å². The number of fused-ring (bicyclic) bond motifs is 5. The molecule has 192 valence electrons. The average Bonchev–Trinajstić information content (AvgIpc) is 3.63. The number of halogens is 1. The Kier molecular flexibility index (Phi) is 4.98. The summed E-state index contributed by atoms with van der Waals surface area (Å²) >= 11 is 6.42. The molecule has 0 bridgehead atoms. The largest absolute Gasteiger partial charge is 0.508 e. The lowest BCUT2D eigenvalue weighted by atomic mass is 9.76. The molecule has 0 aromatic heterocycles. The number of nitrogens with zero attached hydrogens (tertiary/aromatic N) is 1. The van der Waals surface area contributed by atoms with Gasteiger partial charge in [0.05, 0.1) is 29.1 Å². The zero-order valence-electron chi connectivity index (χ0n) is 19.9. The number of carbonyl (C=O) groups is 3. The van der Waals surface area contributed by atoms with Crippen LogP contribution in [0, 0.1) is 11.8 Å². The van der Waals surface area contributed by atoms with Crippen LogP contribution in [-0.4, -0.2) is 40.6 Å². The van der Waals surface area contributed by atoms with Crippen LogP contribution in [-0.2, 0) is 32.9 Å². The fraction of sp³-hybridized carbons (Fsp3) is 0.250. The quantitative estimate of drug-likeness (QED) is 0.443. The number of anilines is 1. The Morgan fingerprint density at radius 3 is 2.55 bits per heavy atom. The fourth-order valence-corrected chi connectivity index (χ4v) is 6.51. The van der Waals surface area contributed by atoms with E-state index in [4.69, 9.17) is 21.1 Å². The molecule has 2 fully saturated rings. The van der Waals surface area contributed by atoms with Crippen molar-refractivity contribution in [2.75, 3.05) is 12.1 Å². The van der Waals surface area contributed by atoms with E-state index in [2.05, 4.69) is 10.6 Å². The van der Waals surface area contributed by atoms with E-state index in [1.54, 1.807) is 60.7 Å². The molecule has 3 N–H and O–H groups in total. The number of phenols is 1. The van der Waals surface area contributed by atoms with Gasteiger partial charge in [-0.25, -0.2) is 0 Å². The number of nitrogens with one attached hydrogen (secondary N) is 2. The highest BCUT2D eigenvalue weighted by Crippen LogP contribution is 2.54. The standard InChI is InChI=1S/C28H22ClN3O6/c29-18-3-1-2-17-24(18)30-27(36)28(17)23-22(19(31-28)10-14-4-7-16(33)8-5-14)25(34)32(26(23)35)12-15-6-9-20-21(11-15)38-13-37-20/h1-9,11,19,22-23,31,33H,10,12-13H2,(H,30,36)/t19-,22+,23+,28+/m0/s1. The molecule has 3 amide bonds. The van der Waals surface area contributed by atoms with E-state index in [1.807, 2.05) is 0 Å². The highest BCUT2D eigenvalue weighted by atomic mass is 35.5. The van der Waals surface area contributed by atoms with Gasteiger partial charge in [-0.15, -0.1) is 0 Å². The average molecular weight is 532 g/mol. The minimum atomic E-state index is -1.44. The maximum atomic E-state index is 14.0. The van der Waals surface area contributed by atoms with Crippen LogP contribution in [0.1, 0.15) is 16.7 Å². The molecule has 0 radical (unpaired) electrons. The number of phenolic OH excluding ortho intramolecular Hbond substituents is 1. The van der Waals surface area contributed by atoms with Crippen LogP contribution in [0.2, 0.25) is 5.02 Å². The van der Waals surface area contributed by atoms with Gasteiger partial charge in [0.15, 0.2) is 11.5 Å². The van der Waals surface area contributed by atoms with E-state index in [0.29, 0.717) is 39.8 Å². The van der Waals surface area contributed by atoms with E-state index >= 15 is 0 Å². The number of hydrogen-bond acceptors (Lipinski definition) is 7. The van der Waals surface area contributed by atoms with Gasteiger partial charge in [0.1, 0.15) is 11.3 Å². The summed E-state index contributed by atoms with van der Waals surface area (Å²) in [6.45, 7) is 0.169. The number of benzene rings is 3. The van der Waals surface area contributed by atoms with Crippen LogP contribution < -0.4 is 20.1 Å². The summed E-state index contributed by atoms with van der Waals surface area (Å²) in [7, 11) is 0. The minimum absolute atomic E-state index is 0.0489. The highest BCUT2D eigenvalue weighted by molar-refractivity contribution is 6.35. The molecule has 1 spiro atoms. The van der Waals surface area contributed by atoms with Gasteiger partial charge in [-0.3, -0.25) is 24.6 Å². The number of likely N-dealkylation sites (tertiary alicyclic amines) is 1. The number of carbonyl (C=O) groups excluding carboxylic acids is 3. The third-order valence-electron chi connectivity index (χ3n) is 7.96. The number of rotatable bonds is 4. The molecule has 7 rings (SSSR count). The van der Waals surface area contributed by atoms with Crippen LogP contribution in [0.4, 0.5) is 5.69 Å². The number of amides is 3. The molecule has 3 aromatic rings. The highest BCUT2D eigenvalue weighted by Gasteiger charge is 2.70. The summed E-state index contributed by atoms with van der Waals surface area (Å²) in [6, 6.07) is 16.6. The third-order valence-corrected chi connectivity index (χ3v) is 8.28. The van der Waals surface area contributed by atoms with E-state index in [1.165, 1.54) is 4.90 Å². The molecule has 10 heteroatoms. The number of hydrogen-bond donors (Lipinski definition) is 3. The zero-order valence-corrected chi connectivity index (χ0v) is 20.7. The molecule has 0 aliphatic carbocycles. The maximum Gasteiger partial charge on any atom is 0.250 e. The van der Waals surface area contributed by atoms with Gasteiger partial charge >= 0.3 is 0 Å². The van der Waals surface area contributed by atoms with Crippen molar-refractivity contribution in [3.8, 4) is 17.2 Å². The molecule has 3 aromatic carbocycles. The summed E-state index contributed by atoms with van der Waals surface area (Å²) < 4.78 is 10.8. The van der Waals surface area contributed by atoms with Crippen LogP contribution >= 0.6 is 11.6 Å². The second-order valence-electron chi connectivity index (χ2n) is 10.00. The summed E-state index contributed by atoms with van der Waals surface area (Å²) in [6.07, 6.45) is 0.378. The first-order valence-corrected chi connectivity index (χ1v) is 12.6. The predicted octanol–water partition coefficient (Wildman–Crippen LogP) is 2.94. The zero-order chi connectivity index (χ0) is 26.2. The first kappa shape index (κ1) is 23.1. The summed E-state index contributed by atoms with van der Waals surface area (Å²) in [5.41, 5.74) is 1.14. The number of para-hydroxylation sites is 1. The van der Waals surface area contributed by atoms with E-state index in [9.17, 15) is 19.5 Å². The predicted molar refractivity (Wildman–Crippen MR) is 136 cm³/mol. The lowest BCUT2D eigenvalue weighted by Gasteiger charge is -2.29. The molecule has 9 nitrogen and oxygen atoms in total. The van der Waals surface area contributed by atoms with Gasteiger partial charge in [0.25, 0.3) is 0 Å². The molecular formula is C28H22ClN3O6. The van der Waals surface area contributed by atoms with E-state index < -0.39 is 35.2 Å². The maximum absolute atomic E-state index is 14.0. The molecule has 4 aliphatic rings. The Morgan fingerprint density at radius 2 is 1.74 bits per heavy atom. The number of ether oxygens (including phenoxy) is 2. The van der Waals surface area contributed by atoms with Crippen molar-refractivity contribution in [3.63, 3.8) is 0 Å². The first-order valence-electron chi connectivity index (χ1n) is 12.3. The van der Waals surface area contributed by atoms with Crippen LogP contribution in [0.3, 0.4) is 0 Å². The van der Waals surface area contributed by atoms with Gasteiger partial charge in [-0.2, -0.15) is 0 Å². The summed E-state index contributed by atoms with van der Waals surface area (Å²) in [5, 5.41) is 16.3. The van der Waals surface area contributed by atoms with Gasteiger partial charge in [0, 0.05) is 11.6 Å². The molecular weight excluding hydrogens is 510 g/mol. The Morgan fingerprint density at radius 1 is 0.974 bits per heavy atom. The SMILES string of the molecule is O=C1[C@@H]2[C@H](Cc3ccc(O)cc3)N[C@@]3(C(=O)Nc4c(Cl)cccc43)[C@H]2C(=O)N1Cc1ccc2c(c1)OCO2. The van der Waals surface area contributed by atoms with Gasteiger partial charge < -0.3 is 19.9 Å². The van der Waals surface area contributed by atoms with Crippen molar-refractivity contribution in [1.29, 1.82) is 0 Å². The Hall–Kier alpha value is -4.08. The second-order valence-corrected chi connectivity index (χ2v) is 10.4. The van der Waals surface area contributed by atoms with Gasteiger partial charge in [-0.05, 0) is 47.9 Å². The molecule has 4 atom stereocenters. The van der Waals surface area contributed by atoms with Gasteiger partial charge in [0.2, 0.25) is 24.5 Å². The molecule has 4 aliphatic heterocycles. The van der Waals surface area contributed by atoms with Crippen molar-refractivity contribution in [1.82, 2.24) is 10.2 Å². The Balaban J connectivity index is 1.30. The van der Waals surface area contributed by atoms with Crippen LogP contribution in [0.5, 0.6) is 17.2 Å². The summed E-state index contributed by atoms with van der Waals surface area (Å²) in [5.74, 6) is -1.60. The van der Waals surface area contributed by atoms with Crippen molar-refractivity contribution in [2.24, 2.45) is 11.8 Å². The third kappa shape index (κ3) is 3.18. The molecule has 4 heterocycles. The topological polar surface area (TPSA) is 117 Å². The van der Waals surface area contributed by atoms with Crippen LogP contribution in [0.25, 0.3) is 0 Å². The monoisotopic (exact) mass is 531 g/mol. The molecule has 2 saturated heterocycles. The lowest BCUT2D eigenvalue weighted by molar-refractivity contribution is -0.143. The molecule has 0 saturated carbocycles. The lowest BCUT2D eigenvalue weighted by Crippen LogP contribution is -2.53. The Bertz CT molecular complexity index is 1530. The summed E-state index contributed by atoms with van der Waals surface area (Å²) in [4.78, 5) is 42.9. The minimum Gasteiger partial charge on any atom is -0.508 e. The fourth-order valence-electron chi connectivity index (χ4n) is 6.29. The van der Waals surface area contributed by atoms with E-state index in [0.717, 1.165) is 5.56 Å². The molecule has 38 heavy (non-hydrogen) atoms. The van der Waals surface area contributed by atoms with Crippen molar-refractivity contribution < 1.29 is 29.0 Å². The van der Waals surface area contributed by atoms with E-state index in [-0.39, 0.29) is 25.0 Å². The second kappa shape index (κ2) is 8.21. The van der Waals surface area contributed by atoms with Crippen molar-refractivity contribution >= 4 is 35.0 Å². The van der Waals surface area contributed by atoms with Crippen LogP contribution in [0.15, 0.2) is 60.7 Å². The van der Waals surface area contributed by atoms with Crippen molar-refractivity contribution in [2.45, 2.75) is 24.5 Å². The normalized spacial score (nSPS) is 26.7. The molecule has 0 unspecified atom stereocenters. The van der Waals surface area contributed by atoms with Crippen molar-refractivity contribution in [3.05, 3.63) is 82.4 Å². The first-order chi connectivity index (χ1) is 18.4. The number of imide groups is 1. The Labute approximate surface area is 222 Å². The number of aromatic hydroxyl groups is 1. The smallest absolute Gasteiger partial charge is 0.250 e.